The molecule has 0 unspecified atom stereocenters. The fourth-order valence-electron chi connectivity index (χ4n) is 1.97. The van der Waals surface area contributed by atoms with Crippen molar-refractivity contribution in [2.75, 3.05) is 33.1 Å². The van der Waals surface area contributed by atoms with Crippen molar-refractivity contribution in [2.24, 2.45) is 0 Å². The van der Waals surface area contributed by atoms with E-state index in [4.69, 9.17) is 9.47 Å². The van der Waals surface area contributed by atoms with E-state index in [-0.39, 0.29) is 5.54 Å². The Morgan fingerprint density at radius 1 is 1.11 bits per heavy atom. The van der Waals surface area contributed by atoms with Crippen LogP contribution >= 0.6 is 0 Å². The molecular weight excluding hydrogens is 228 g/mol. The van der Waals surface area contributed by atoms with Gasteiger partial charge in [0.25, 0.3) is 0 Å². The summed E-state index contributed by atoms with van der Waals surface area (Å²) in [5.74, 6) is 1.50. The Balaban J connectivity index is 3.02. The number of nitrogens with one attached hydrogen (secondary N) is 2. The summed E-state index contributed by atoms with van der Waals surface area (Å²) in [6.07, 6.45) is 0. The predicted molar refractivity (Wildman–Crippen MR) is 75.9 cm³/mol. The maximum atomic E-state index is 5.33. The number of anilines is 1. The third-order valence-electron chi connectivity index (χ3n) is 2.82. The van der Waals surface area contributed by atoms with Gasteiger partial charge in [-0.25, -0.2) is 0 Å². The molecule has 0 radical (unpaired) electrons. The van der Waals surface area contributed by atoms with E-state index in [0.717, 1.165) is 29.3 Å². The number of methoxy groups -OCH3 is 2. The maximum absolute atomic E-state index is 5.33. The Kier molecular flexibility index (Phi) is 4.84. The minimum atomic E-state index is -0.0287. The van der Waals surface area contributed by atoms with Gasteiger partial charge in [0, 0.05) is 23.8 Å². The molecule has 0 saturated carbocycles. The minimum Gasteiger partial charge on any atom is -0.493 e. The molecule has 0 aliphatic carbocycles. The number of aryl methyl sites for hydroxylation is 1. The van der Waals surface area contributed by atoms with E-state index in [1.54, 1.807) is 14.2 Å². The molecule has 1 rings (SSSR count). The second kappa shape index (κ2) is 5.96. The summed E-state index contributed by atoms with van der Waals surface area (Å²) < 4.78 is 10.6. The zero-order valence-electron chi connectivity index (χ0n) is 12.2. The van der Waals surface area contributed by atoms with E-state index in [0.29, 0.717) is 0 Å². The van der Waals surface area contributed by atoms with Crippen LogP contribution < -0.4 is 20.1 Å². The Labute approximate surface area is 110 Å². The first-order chi connectivity index (χ1) is 8.43. The highest BCUT2D eigenvalue weighted by Crippen LogP contribution is 2.33. The van der Waals surface area contributed by atoms with Crippen LogP contribution in [-0.4, -0.2) is 33.4 Å². The van der Waals surface area contributed by atoms with E-state index in [1.165, 1.54) is 0 Å². The topological polar surface area (TPSA) is 42.5 Å². The van der Waals surface area contributed by atoms with E-state index < -0.39 is 0 Å². The molecule has 0 saturated heterocycles. The van der Waals surface area contributed by atoms with Gasteiger partial charge in [0.1, 0.15) is 0 Å². The van der Waals surface area contributed by atoms with Crippen molar-refractivity contribution >= 4 is 5.69 Å². The standard InChI is InChI=1S/C14H24N2O2/c1-10-7-12(17-5)13(18-6)8-11(10)16-14(2,3)9-15-4/h7-8,15-16H,9H2,1-6H3. The highest BCUT2D eigenvalue weighted by molar-refractivity contribution is 5.61. The van der Waals surface area contributed by atoms with Gasteiger partial charge in [-0.05, 0) is 39.4 Å². The highest BCUT2D eigenvalue weighted by atomic mass is 16.5. The summed E-state index contributed by atoms with van der Waals surface area (Å²) in [5, 5.41) is 6.70. The number of hydrogen-bond acceptors (Lipinski definition) is 4. The monoisotopic (exact) mass is 252 g/mol. The molecule has 1 aromatic carbocycles. The van der Waals surface area contributed by atoms with E-state index in [9.17, 15) is 0 Å². The molecule has 4 nitrogen and oxygen atoms in total. The van der Waals surface area contributed by atoms with Gasteiger partial charge in [0.05, 0.1) is 14.2 Å². The molecule has 2 N–H and O–H groups in total. The van der Waals surface area contributed by atoms with Crippen LogP contribution in [0, 0.1) is 6.92 Å². The summed E-state index contributed by atoms with van der Waals surface area (Å²) in [4.78, 5) is 0. The molecule has 0 heterocycles. The average Bonchev–Trinajstić information content (AvgIpc) is 2.30. The van der Waals surface area contributed by atoms with E-state index in [1.807, 2.05) is 19.2 Å². The van der Waals surface area contributed by atoms with Gasteiger partial charge in [-0.2, -0.15) is 0 Å². The van der Waals surface area contributed by atoms with Gasteiger partial charge in [0.2, 0.25) is 0 Å². The fourth-order valence-corrected chi connectivity index (χ4v) is 1.97. The van der Waals surface area contributed by atoms with Crippen molar-refractivity contribution in [2.45, 2.75) is 26.3 Å². The van der Waals surface area contributed by atoms with Crippen molar-refractivity contribution in [3.05, 3.63) is 17.7 Å². The van der Waals surface area contributed by atoms with Crippen LogP contribution in [0.15, 0.2) is 12.1 Å². The van der Waals surface area contributed by atoms with Crippen molar-refractivity contribution in [3.8, 4) is 11.5 Å². The molecule has 0 aromatic heterocycles. The predicted octanol–water partition coefficient (Wildman–Crippen LogP) is 2.42. The van der Waals surface area contributed by atoms with Crippen LogP contribution in [0.2, 0.25) is 0 Å². The lowest BCUT2D eigenvalue weighted by atomic mass is 10.0. The molecular formula is C14H24N2O2. The molecule has 1 aromatic rings. The second-order valence-corrected chi connectivity index (χ2v) is 5.06. The van der Waals surface area contributed by atoms with Crippen LogP contribution in [0.1, 0.15) is 19.4 Å². The number of hydrogen-bond donors (Lipinski definition) is 2. The molecule has 0 amide bonds. The van der Waals surface area contributed by atoms with Crippen LogP contribution in [0.4, 0.5) is 5.69 Å². The van der Waals surface area contributed by atoms with Gasteiger partial charge in [0.15, 0.2) is 11.5 Å². The molecule has 0 aliphatic rings. The lowest BCUT2D eigenvalue weighted by Crippen LogP contribution is -2.40. The van der Waals surface area contributed by atoms with Gasteiger partial charge < -0.3 is 20.1 Å². The van der Waals surface area contributed by atoms with Crippen molar-refractivity contribution in [1.29, 1.82) is 0 Å². The van der Waals surface area contributed by atoms with Gasteiger partial charge in [-0.3, -0.25) is 0 Å². The Morgan fingerprint density at radius 3 is 2.17 bits per heavy atom. The van der Waals surface area contributed by atoms with Gasteiger partial charge in [-0.1, -0.05) is 0 Å². The number of likely N-dealkylation sites (N-methyl/N-ethyl adjacent to an activating group) is 1. The van der Waals surface area contributed by atoms with E-state index in [2.05, 4.69) is 31.4 Å². The van der Waals surface area contributed by atoms with Gasteiger partial charge in [-0.15, -0.1) is 0 Å². The van der Waals surface area contributed by atoms with Crippen molar-refractivity contribution < 1.29 is 9.47 Å². The summed E-state index contributed by atoms with van der Waals surface area (Å²) in [7, 11) is 5.25. The SMILES string of the molecule is CNCC(C)(C)Nc1cc(OC)c(OC)cc1C. The highest BCUT2D eigenvalue weighted by Gasteiger charge is 2.18. The molecule has 0 atom stereocenters. The Bertz CT molecular complexity index is 403. The quantitative estimate of drug-likeness (QED) is 0.816. The normalized spacial score (nSPS) is 11.2. The summed E-state index contributed by atoms with van der Waals surface area (Å²) >= 11 is 0. The van der Waals surface area contributed by atoms with Crippen LogP contribution in [-0.2, 0) is 0 Å². The summed E-state index contributed by atoms with van der Waals surface area (Å²) in [5.41, 5.74) is 2.17. The third-order valence-corrected chi connectivity index (χ3v) is 2.82. The molecule has 0 bridgehead atoms. The zero-order chi connectivity index (χ0) is 13.8. The first-order valence-corrected chi connectivity index (χ1v) is 6.09. The maximum Gasteiger partial charge on any atom is 0.162 e. The smallest absolute Gasteiger partial charge is 0.162 e. The fraction of sp³-hybridized carbons (Fsp3) is 0.571. The first kappa shape index (κ1) is 14.6. The van der Waals surface area contributed by atoms with Crippen molar-refractivity contribution in [1.82, 2.24) is 5.32 Å². The van der Waals surface area contributed by atoms with Crippen LogP contribution in [0.5, 0.6) is 11.5 Å². The molecule has 0 fully saturated rings. The molecule has 0 aliphatic heterocycles. The largest absolute Gasteiger partial charge is 0.493 e. The molecule has 4 heteroatoms. The number of ether oxygens (including phenoxy) is 2. The second-order valence-electron chi connectivity index (χ2n) is 5.06. The Hall–Kier alpha value is -1.42. The van der Waals surface area contributed by atoms with Crippen LogP contribution in [0.25, 0.3) is 0 Å². The molecule has 0 spiro atoms. The lowest BCUT2D eigenvalue weighted by Gasteiger charge is -2.28. The van der Waals surface area contributed by atoms with Crippen molar-refractivity contribution in [3.63, 3.8) is 0 Å². The number of rotatable bonds is 6. The summed E-state index contributed by atoms with van der Waals surface area (Å²) in [6.45, 7) is 7.24. The zero-order valence-corrected chi connectivity index (χ0v) is 12.2. The lowest BCUT2D eigenvalue weighted by molar-refractivity contribution is 0.354. The van der Waals surface area contributed by atoms with E-state index >= 15 is 0 Å². The average molecular weight is 252 g/mol. The first-order valence-electron chi connectivity index (χ1n) is 6.09. The number of benzene rings is 1. The third kappa shape index (κ3) is 3.53. The molecule has 18 heavy (non-hydrogen) atoms. The van der Waals surface area contributed by atoms with Crippen LogP contribution in [0.3, 0.4) is 0 Å². The van der Waals surface area contributed by atoms with Gasteiger partial charge >= 0.3 is 0 Å². The molecule has 102 valence electrons. The Morgan fingerprint density at radius 2 is 1.67 bits per heavy atom. The summed E-state index contributed by atoms with van der Waals surface area (Å²) in [6, 6.07) is 3.96. The minimum absolute atomic E-state index is 0.0287.